The van der Waals surface area contributed by atoms with Gasteiger partial charge in [0.2, 0.25) is 0 Å². The highest BCUT2D eigenvalue weighted by Gasteiger charge is 2.20. The fourth-order valence-electron chi connectivity index (χ4n) is 3.01. The topological polar surface area (TPSA) is 67.9 Å². The van der Waals surface area contributed by atoms with Crippen molar-refractivity contribution in [1.82, 2.24) is 15.2 Å². The number of nitrogens with zero attached hydrogens (tertiary/aromatic N) is 2. The first kappa shape index (κ1) is 17.8. The SMILES string of the molecule is CCOC(=O)c1c(I)cc(-c2c(C(C)C)ccc3[nH]ncc23)nc1C. The predicted octanol–water partition coefficient (Wildman–Crippen LogP) is 4.84. The third kappa shape index (κ3) is 3.27. The van der Waals surface area contributed by atoms with Gasteiger partial charge in [0.1, 0.15) is 0 Å². The lowest BCUT2D eigenvalue weighted by Gasteiger charge is -2.16. The number of rotatable bonds is 4. The highest BCUT2D eigenvalue weighted by molar-refractivity contribution is 14.1. The molecule has 0 saturated carbocycles. The van der Waals surface area contributed by atoms with Crippen LogP contribution in [-0.2, 0) is 4.74 Å². The van der Waals surface area contributed by atoms with Crippen LogP contribution in [0.5, 0.6) is 0 Å². The van der Waals surface area contributed by atoms with Gasteiger partial charge in [-0.05, 0) is 60.1 Å². The number of halogens is 1. The molecule has 0 fully saturated rings. The Morgan fingerprint density at radius 2 is 2.12 bits per heavy atom. The molecule has 0 saturated heterocycles. The Morgan fingerprint density at radius 3 is 2.76 bits per heavy atom. The van der Waals surface area contributed by atoms with Crippen molar-refractivity contribution in [2.24, 2.45) is 0 Å². The number of aromatic nitrogens is 3. The van der Waals surface area contributed by atoms with Crippen LogP contribution in [0.25, 0.3) is 22.2 Å². The summed E-state index contributed by atoms with van der Waals surface area (Å²) in [6.07, 6.45) is 1.83. The second-order valence-electron chi connectivity index (χ2n) is 6.19. The van der Waals surface area contributed by atoms with Gasteiger partial charge in [-0.1, -0.05) is 19.9 Å². The van der Waals surface area contributed by atoms with Crippen LogP contribution in [-0.4, -0.2) is 27.8 Å². The number of nitrogens with one attached hydrogen (secondary N) is 1. The Kier molecular flexibility index (Phi) is 5.08. The van der Waals surface area contributed by atoms with E-state index >= 15 is 0 Å². The highest BCUT2D eigenvalue weighted by Crippen LogP contribution is 2.35. The molecule has 3 aromatic rings. The quantitative estimate of drug-likeness (QED) is 0.458. The summed E-state index contributed by atoms with van der Waals surface area (Å²) in [7, 11) is 0. The maximum absolute atomic E-state index is 12.2. The van der Waals surface area contributed by atoms with Crippen LogP contribution in [0.2, 0.25) is 0 Å². The summed E-state index contributed by atoms with van der Waals surface area (Å²) in [4.78, 5) is 16.9. The van der Waals surface area contributed by atoms with Crippen LogP contribution in [0, 0.1) is 10.5 Å². The summed E-state index contributed by atoms with van der Waals surface area (Å²) < 4.78 is 6.00. The Morgan fingerprint density at radius 1 is 1.36 bits per heavy atom. The average molecular weight is 449 g/mol. The summed E-state index contributed by atoms with van der Waals surface area (Å²) in [5.41, 5.74) is 5.32. The molecule has 0 unspecified atom stereocenters. The van der Waals surface area contributed by atoms with Crippen LogP contribution in [0.15, 0.2) is 24.4 Å². The van der Waals surface area contributed by atoms with Crippen LogP contribution in [0.4, 0.5) is 0 Å². The zero-order chi connectivity index (χ0) is 18.1. The van der Waals surface area contributed by atoms with E-state index in [1.807, 2.05) is 25.3 Å². The average Bonchev–Trinajstić information content (AvgIpc) is 3.01. The number of H-pyrrole nitrogens is 1. The first-order chi connectivity index (χ1) is 11.9. The van der Waals surface area contributed by atoms with Crippen LogP contribution < -0.4 is 0 Å². The molecule has 0 bridgehead atoms. The van der Waals surface area contributed by atoms with Gasteiger partial charge in [-0.2, -0.15) is 5.10 Å². The van der Waals surface area contributed by atoms with Crippen LogP contribution >= 0.6 is 22.6 Å². The number of esters is 1. The lowest BCUT2D eigenvalue weighted by molar-refractivity contribution is 0.0523. The largest absolute Gasteiger partial charge is 0.462 e. The monoisotopic (exact) mass is 449 g/mol. The van der Waals surface area contributed by atoms with Crippen LogP contribution in [0.3, 0.4) is 0 Å². The summed E-state index contributed by atoms with van der Waals surface area (Å²) in [5, 5.41) is 8.23. The smallest absolute Gasteiger partial charge is 0.341 e. The van der Waals surface area contributed by atoms with E-state index in [0.717, 1.165) is 25.7 Å². The Hall–Kier alpha value is -1.96. The zero-order valence-electron chi connectivity index (χ0n) is 14.7. The molecule has 0 aliphatic heterocycles. The fourth-order valence-corrected chi connectivity index (χ4v) is 3.92. The van der Waals surface area contributed by atoms with Crippen molar-refractivity contribution in [3.05, 3.63) is 44.8 Å². The molecule has 0 radical (unpaired) electrons. The second-order valence-corrected chi connectivity index (χ2v) is 7.35. The number of aryl methyl sites for hydroxylation is 1. The molecule has 1 aromatic carbocycles. The summed E-state index contributed by atoms with van der Waals surface area (Å²) in [6.45, 7) is 8.33. The number of aromatic amines is 1. The number of pyridine rings is 1. The minimum Gasteiger partial charge on any atom is -0.462 e. The molecule has 0 atom stereocenters. The van der Waals surface area contributed by atoms with E-state index in [4.69, 9.17) is 9.72 Å². The molecule has 25 heavy (non-hydrogen) atoms. The van der Waals surface area contributed by atoms with E-state index in [1.165, 1.54) is 5.56 Å². The Balaban J connectivity index is 2.24. The maximum Gasteiger partial charge on any atom is 0.341 e. The number of ether oxygens (including phenoxy) is 1. The number of hydrogen-bond donors (Lipinski definition) is 1. The molecule has 6 heteroatoms. The molecule has 0 aliphatic carbocycles. The summed E-state index contributed by atoms with van der Waals surface area (Å²) in [6, 6.07) is 6.11. The molecule has 0 amide bonds. The molecule has 3 rings (SSSR count). The first-order valence-corrected chi connectivity index (χ1v) is 9.32. The molecule has 0 aliphatic rings. The number of carbonyl (C=O) groups is 1. The van der Waals surface area contributed by atoms with Gasteiger partial charge in [0.15, 0.2) is 0 Å². The number of benzene rings is 1. The summed E-state index contributed by atoms with van der Waals surface area (Å²) >= 11 is 2.18. The molecule has 5 nitrogen and oxygen atoms in total. The molecular formula is C19H20IN3O2. The second kappa shape index (κ2) is 7.11. The molecule has 130 valence electrons. The van der Waals surface area contributed by atoms with Gasteiger partial charge in [-0.25, -0.2) is 4.79 Å². The molecular weight excluding hydrogens is 429 g/mol. The van der Waals surface area contributed by atoms with E-state index in [1.54, 1.807) is 6.92 Å². The van der Waals surface area contributed by atoms with Crippen molar-refractivity contribution in [1.29, 1.82) is 0 Å². The standard InChI is InChI=1S/C19H20IN3O2/c1-5-25-19(24)17-11(4)22-16(8-14(17)20)18-12(10(2)3)6-7-15-13(18)9-21-23-15/h6-10H,5H2,1-4H3,(H,21,23). The van der Waals surface area contributed by atoms with Gasteiger partial charge in [-0.3, -0.25) is 10.1 Å². The van der Waals surface area contributed by atoms with E-state index in [9.17, 15) is 4.79 Å². The third-order valence-corrected chi connectivity index (χ3v) is 5.02. The van der Waals surface area contributed by atoms with Crippen molar-refractivity contribution in [2.45, 2.75) is 33.6 Å². The fraction of sp³-hybridized carbons (Fsp3) is 0.316. The van der Waals surface area contributed by atoms with E-state index in [2.05, 4.69) is 52.7 Å². The molecule has 2 aromatic heterocycles. The van der Waals surface area contributed by atoms with Gasteiger partial charge < -0.3 is 4.74 Å². The molecule has 2 heterocycles. The number of hydrogen-bond acceptors (Lipinski definition) is 4. The van der Waals surface area contributed by atoms with Crippen molar-refractivity contribution in [3.63, 3.8) is 0 Å². The van der Waals surface area contributed by atoms with E-state index in [-0.39, 0.29) is 5.97 Å². The number of carbonyl (C=O) groups excluding carboxylic acids is 1. The Bertz CT molecular complexity index is 924. The van der Waals surface area contributed by atoms with Crippen molar-refractivity contribution < 1.29 is 9.53 Å². The van der Waals surface area contributed by atoms with Gasteiger partial charge in [0.05, 0.1) is 35.3 Å². The van der Waals surface area contributed by atoms with Gasteiger partial charge >= 0.3 is 5.97 Å². The summed E-state index contributed by atoms with van der Waals surface area (Å²) in [5.74, 6) is 0.0212. The molecule has 1 N–H and O–H groups in total. The van der Waals surface area contributed by atoms with Gasteiger partial charge in [-0.15, -0.1) is 0 Å². The van der Waals surface area contributed by atoms with E-state index in [0.29, 0.717) is 23.8 Å². The van der Waals surface area contributed by atoms with Crippen molar-refractivity contribution >= 4 is 39.5 Å². The maximum atomic E-state index is 12.2. The van der Waals surface area contributed by atoms with Crippen molar-refractivity contribution in [2.75, 3.05) is 6.61 Å². The van der Waals surface area contributed by atoms with Crippen molar-refractivity contribution in [3.8, 4) is 11.3 Å². The lowest BCUT2D eigenvalue weighted by Crippen LogP contribution is -2.11. The first-order valence-electron chi connectivity index (χ1n) is 8.24. The van der Waals surface area contributed by atoms with Crippen LogP contribution in [0.1, 0.15) is 48.3 Å². The minimum absolute atomic E-state index is 0.325. The number of fused-ring (bicyclic) bond motifs is 1. The minimum atomic E-state index is -0.325. The normalized spacial score (nSPS) is 11.3. The van der Waals surface area contributed by atoms with Gasteiger partial charge in [0.25, 0.3) is 0 Å². The van der Waals surface area contributed by atoms with Gasteiger partial charge in [0, 0.05) is 14.5 Å². The lowest BCUT2D eigenvalue weighted by atomic mass is 9.92. The van der Waals surface area contributed by atoms with E-state index < -0.39 is 0 Å². The molecule has 0 spiro atoms. The third-order valence-electron chi connectivity index (χ3n) is 4.17. The highest BCUT2D eigenvalue weighted by atomic mass is 127. The Labute approximate surface area is 160 Å². The zero-order valence-corrected chi connectivity index (χ0v) is 16.8. The predicted molar refractivity (Wildman–Crippen MR) is 107 cm³/mol.